The fourth-order valence-electron chi connectivity index (χ4n) is 1.19. The molecule has 0 aromatic carbocycles. The molecule has 0 aliphatic heterocycles. The number of imide groups is 1. The first-order valence-corrected chi connectivity index (χ1v) is 5.15. The number of aryl methyl sites for hydroxylation is 1. The Kier molecular flexibility index (Phi) is 3.83. The number of carbonyl (C=O) groups is 2. The molecule has 0 spiro atoms. The third-order valence-corrected chi connectivity index (χ3v) is 2.24. The first-order chi connectivity index (χ1) is 7.40. The molecule has 0 bridgehead atoms. The predicted octanol–water partition coefficient (Wildman–Crippen LogP) is 0.114. The average Bonchev–Trinajstić information content (AvgIpc) is 2.11. The molecule has 0 saturated carbocycles. The number of carbonyl (C=O) groups excluding carboxylic acids is 2. The lowest BCUT2D eigenvalue weighted by Gasteiger charge is -2.06. The van der Waals surface area contributed by atoms with Gasteiger partial charge in [0, 0.05) is 16.2 Å². The van der Waals surface area contributed by atoms with Crippen LogP contribution in [-0.2, 0) is 11.3 Å². The Hall–Kier alpha value is -1.63. The van der Waals surface area contributed by atoms with Crippen LogP contribution in [0.2, 0.25) is 0 Å². The van der Waals surface area contributed by atoms with Gasteiger partial charge in [0.05, 0.1) is 0 Å². The summed E-state index contributed by atoms with van der Waals surface area (Å²) in [4.78, 5) is 33.2. The second-order valence-corrected chi connectivity index (χ2v) is 4.10. The normalized spacial score (nSPS) is 9.88. The van der Waals surface area contributed by atoms with Crippen LogP contribution in [0.3, 0.4) is 0 Å². The van der Waals surface area contributed by atoms with Gasteiger partial charge in [-0.05, 0) is 28.9 Å². The molecule has 1 aromatic rings. The molecule has 0 aliphatic carbocycles. The van der Waals surface area contributed by atoms with Crippen LogP contribution in [0, 0.1) is 6.92 Å². The van der Waals surface area contributed by atoms with Crippen molar-refractivity contribution >= 4 is 27.9 Å². The van der Waals surface area contributed by atoms with E-state index in [-0.39, 0.29) is 12.1 Å². The lowest BCUT2D eigenvalue weighted by atomic mass is 10.3. The van der Waals surface area contributed by atoms with Crippen molar-refractivity contribution in [3.05, 3.63) is 32.7 Å². The van der Waals surface area contributed by atoms with E-state index in [0.29, 0.717) is 10.0 Å². The van der Waals surface area contributed by atoms with Crippen LogP contribution in [0.1, 0.15) is 5.56 Å². The number of hydrogen-bond acceptors (Lipinski definition) is 3. The van der Waals surface area contributed by atoms with E-state index in [4.69, 9.17) is 5.73 Å². The van der Waals surface area contributed by atoms with E-state index in [9.17, 15) is 14.4 Å². The maximum Gasteiger partial charge on any atom is 0.318 e. The van der Waals surface area contributed by atoms with E-state index in [1.807, 2.05) is 5.32 Å². The third-order valence-electron chi connectivity index (χ3n) is 1.81. The van der Waals surface area contributed by atoms with Gasteiger partial charge in [-0.2, -0.15) is 0 Å². The number of rotatable bonds is 2. The number of pyridine rings is 1. The minimum Gasteiger partial charge on any atom is -0.351 e. The highest BCUT2D eigenvalue weighted by atomic mass is 79.9. The van der Waals surface area contributed by atoms with Gasteiger partial charge >= 0.3 is 6.03 Å². The fraction of sp³-hybridized carbons (Fsp3) is 0.222. The van der Waals surface area contributed by atoms with Crippen LogP contribution in [0.4, 0.5) is 4.79 Å². The van der Waals surface area contributed by atoms with Crippen LogP contribution in [-0.4, -0.2) is 16.5 Å². The van der Waals surface area contributed by atoms with Crippen molar-refractivity contribution in [2.24, 2.45) is 5.73 Å². The fourth-order valence-corrected chi connectivity index (χ4v) is 1.78. The molecule has 0 saturated heterocycles. The van der Waals surface area contributed by atoms with Gasteiger partial charge in [-0.1, -0.05) is 0 Å². The molecule has 0 aliphatic rings. The third kappa shape index (κ3) is 3.20. The Morgan fingerprint density at radius 3 is 2.75 bits per heavy atom. The Balaban J connectivity index is 2.93. The molecule has 3 N–H and O–H groups in total. The molecule has 0 unspecified atom stereocenters. The number of halogens is 1. The summed E-state index contributed by atoms with van der Waals surface area (Å²) < 4.78 is 1.87. The number of primary amides is 1. The van der Waals surface area contributed by atoms with Crippen molar-refractivity contribution in [1.82, 2.24) is 9.88 Å². The molecule has 3 amide bonds. The smallest absolute Gasteiger partial charge is 0.318 e. The summed E-state index contributed by atoms with van der Waals surface area (Å²) in [6.07, 6.45) is 1.47. The van der Waals surface area contributed by atoms with E-state index in [2.05, 4.69) is 15.9 Å². The molecular weight excluding hydrogens is 278 g/mol. The van der Waals surface area contributed by atoms with Crippen molar-refractivity contribution in [3.63, 3.8) is 0 Å². The summed E-state index contributed by atoms with van der Waals surface area (Å²) in [5.41, 5.74) is 4.99. The lowest BCUT2D eigenvalue weighted by molar-refractivity contribution is -0.120. The molecule has 0 atom stereocenters. The number of nitrogens with two attached hydrogens (primary N) is 1. The number of aromatic nitrogens is 1. The van der Waals surface area contributed by atoms with Crippen LogP contribution in [0.15, 0.2) is 21.5 Å². The molecule has 16 heavy (non-hydrogen) atoms. The summed E-state index contributed by atoms with van der Waals surface area (Å²) in [6.45, 7) is 1.39. The summed E-state index contributed by atoms with van der Waals surface area (Å²) in [5.74, 6) is -0.632. The summed E-state index contributed by atoms with van der Waals surface area (Å²) in [6, 6.07) is 0.704. The van der Waals surface area contributed by atoms with Crippen LogP contribution in [0.25, 0.3) is 0 Å². The zero-order chi connectivity index (χ0) is 12.3. The maximum atomic E-state index is 11.6. The van der Waals surface area contributed by atoms with Gasteiger partial charge in [0.2, 0.25) is 5.91 Å². The monoisotopic (exact) mass is 287 g/mol. The first kappa shape index (κ1) is 12.4. The average molecular weight is 288 g/mol. The minimum atomic E-state index is -0.940. The highest BCUT2D eigenvalue weighted by Gasteiger charge is 2.08. The zero-order valence-electron chi connectivity index (χ0n) is 8.49. The van der Waals surface area contributed by atoms with E-state index in [1.165, 1.54) is 10.8 Å². The number of nitrogens with zero attached hydrogens (tertiary/aromatic N) is 1. The van der Waals surface area contributed by atoms with Gasteiger partial charge in [-0.15, -0.1) is 0 Å². The van der Waals surface area contributed by atoms with Gasteiger partial charge in [0.15, 0.2) is 0 Å². The summed E-state index contributed by atoms with van der Waals surface area (Å²) in [5, 5.41) is 1.88. The first-order valence-electron chi connectivity index (χ1n) is 4.36. The van der Waals surface area contributed by atoms with Gasteiger partial charge < -0.3 is 10.3 Å². The molecule has 1 rings (SSSR count). The van der Waals surface area contributed by atoms with Gasteiger partial charge in [-0.25, -0.2) is 4.79 Å². The molecule has 86 valence electrons. The molecule has 0 fully saturated rings. The summed E-state index contributed by atoms with van der Waals surface area (Å²) in [7, 11) is 0. The van der Waals surface area contributed by atoms with Crippen molar-refractivity contribution in [2.45, 2.75) is 13.5 Å². The maximum absolute atomic E-state index is 11.6. The Morgan fingerprint density at radius 1 is 1.56 bits per heavy atom. The highest BCUT2D eigenvalue weighted by Crippen LogP contribution is 2.07. The molecule has 0 radical (unpaired) electrons. The number of hydrogen-bond donors (Lipinski definition) is 2. The molecule has 6 nitrogen and oxygen atoms in total. The SMILES string of the molecule is Cc1cc(Br)cn(CC(=O)NC(N)=O)c1=O. The number of nitrogens with one attached hydrogen (secondary N) is 1. The van der Waals surface area contributed by atoms with E-state index >= 15 is 0 Å². The van der Waals surface area contributed by atoms with Gasteiger partial charge in [0.25, 0.3) is 5.56 Å². The topological polar surface area (TPSA) is 94.2 Å². The second-order valence-electron chi connectivity index (χ2n) is 3.19. The Bertz CT molecular complexity index is 495. The highest BCUT2D eigenvalue weighted by molar-refractivity contribution is 9.10. The Morgan fingerprint density at radius 2 is 2.19 bits per heavy atom. The largest absolute Gasteiger partial charge is 0.351 e. The van der Waals surface area contributed by atoms with Gasteiger partial charge in [0.1, 0.15) is 6.54 Å². The number of amides is 3. The molecule has 1 aromatic heterocycles. The second kappa shape index (κ2) is 4.93. The summed E-state index contributed by atoms with van der Waals surface area (Å²) >= 11 is 3.20. The number of urea groups is 1. The van der Waals surface area contributed by atoms with Crippen LogP contribution >= 0.6 is 15.9 Å². The standard InChI is InChI=1S/C9H10BrN3O3/c1-5-2-6(10)3-13(8(5)15)4-7(14)12-9(11)16/h2-3H,4H2,1H3,(H3,11,12,14,16). The van der Waals surface area contributed by atoms with Crippen molar-refractivity contribution < 1.29 is 9.59 Å². The quantitative estimate of drug-likeness (QED) is 0.809. The van der Waals surface area contributed by atoms with Crippen molar-refractivity contribution in [1.29, 1.82) is 0 Å². The van der Waals surface area contributed by atoms with Crippen LogP contribution in [0.5, 0.6) is 0 Å². The Labute approximate surface area is 99.6 Å². The minimum absolute atomic E-state index is 0.248. The van der Waals surface area contributed by atoms with E-state index < -0.39 is 11.9 Å². The zero-order valence-corrected chi connectivity index (χ0v) is 10.1. The van der Waals surface area contributed by atoms with Crippen LogP contribution < -0.4 is 16.6 Å². The molecule has 1 heterocycles. The van der Waals surface area contributed by atoms with Crippen molar-refractivity contribution in [3.8, 4) is 0 Å². The molecular formula is C9H10BrN3O3. The molecule has 7 heteroatoms. The van der Waals surface area contributed by atoms with E-state index in [0.717, 1.165) is 0 Å². The van der Waals surface area contributed by atoms with Crippen molar-refractivity contribution in [2.75, 3.05) is 0 Å². The van der Waals surface area contributed by atoms with E-state index in [1.54, 1.807) is 13.0 Å². The lowest BCUT2D eigenvalue weighted by Crippen LogP contribution is -2.39. The predicted molar refractivity (Wildman–Crippen MR) is 60.9 cm³/mol. The van der Waals surface area contributed by atoms with Gasteiger partial charge in [-0.3, -0.25) is 14.9 Å².